The molecular weight excluding hydrogens is 558 g/mol. The van der Waals surface area contributed by atoms with Crippen LogP contribution in [0.25, 0.3) is 0 Å². The lowest BCUT2D eigenvalue weighted by molar-refractivity contribution is -0.170. The Morgan fingerprint density at radius 1 is 0.956 bits per heavy atom. The highest BCUT2D eigenvalue weighted by Gasteiger charge is 2.69. The van der Waals surface area contributed by atoms with Crippen molar-refractivity contribution in [2.75, 3.05) is 10.7 Å². The zero-order valence-corrected chi connectivity index (χ0v) is 28.4. The minimum Gasteiger partial charge on any atom is -0.291 e. The smallest absolute Gasteiger partial charge is 0.269 e. The first kappa shape index (κ1) is 30.6. The number of hydrogen-bond acceptors (Lipinski definition) is 6. The van der Waals surface area contributed by atoms with Gasteiger partial charge in [0.1, 0.15) is 0 Å². The van der Waals surface area contributed by atoms with Crippen LogP contribution in [-0.2, 0) is 4.79 Å². The average Bonchev–Trinajstić information content (AvgIpc) is 3.52. The Morgan fingerprint density at radius 2 is 1.73 bits per heavy atom. The number of para-hydroxylation sites is 1. The molecule has 45 heavy (non-hydrogen) atoms. The molecule has 0 unspecified atom stereocenters. The minimum atomic E-state index is -0.424. The third-order valence-corrected chi connectivity index (χ3v) is 14.9. The fraction of sp³-hybridized carbons (Fsp3) is 0.703. The number of amides is 1. The molecule has 4 saturated carbocycles. The van der Waals surface area contributed by atoms with Gasteiger partial charge in [0, 0.05) is 11.1 Å². The van der Waals surface area contributed by atoms with Crippen LogP contribution in [0.5, 0.6) is 0 Å². The van der Waals surface area contributed by atoms with Gasteiger partial charge in [-0.25, -0.2) is 0 Å². The summed E-state index contributed by atoms with van der Waals surface area (Å²) in [6.45, 7) is 17.6. The van der Waals surface area contributed by atoms with Crippen LogP contribution >= 0.6 is 0 Å². The van der Waals surface area contributed by atoms with Crippen molar-refractivity contribution in [2.45, 2.75) is 106 Å². The number of tetrazole rings is 1. The Morgan fingerprint density at radius 3 is 2.47 bits per heavy atom. The number of carbonyl (C=O) groups excluding carboxylic acids is 1. The van der Waals surface area contributed by atoms with Crippen LogP contribution < -0.4 is 10.7 Å². The van der Waals surface area contributed by atoms with Crippen molar-refractivity contribution in [3.05, 3.63) is 42.0 Å². The van der Waals surface area contributed by atoms with Gasteiger partial charge in [-0.1, -0.05) is 83.4 Å². The largest absolute Gasteiger partial charge is 0.291 e. The molecule has 0 aliphatic heterocycles. The second-order valence-electron chi connectivity index (χ2n) is 16.8. The van der Waals surface area contributed by atoms with E-state index in [1.165, 1.54) is 25.0 Å². The first-order valence-corrected chi connectivity index (χ1v) is 17.5. The van der Waals surface area contributed by atoms with Crippen LogP contribution in [0.4, 0.5) is 11.6 Å². The molecule has 1 aromatic carbocycles. The van der Waals surface area contributed by atoms with Gasteiger partial charge in [-0.15, -0.1) is 5.10 Å². The summed E-state index contributed by atoms with van der Waals surface area (Å²) in [6.07, 6.45) is 12.4. The van der Waals surface area contributed by atoms with Crippen molar-refractivity contribution >= 4 is 23.3 Å². The lowest BCUT2D eigenvalue weighted by atomic mass is 9.33. The van der Waals surface area contributed by atoms with Crippen molar-refractivity contribution in [3.63, 3.8) is 0 Å². The summed E-state index contributed by atoms with van der Waals surface area (Å²) in [7, 11) is 0. The van der Waals surface area contributed by atoms with Gasteiger partial charge in [-0.2, -0.15) is 10.3 Å². The predicted molar refractivity (Wildman–Crippen MR) is 179 cm³/mol. The van der Waals surface area contributed by atoms with E-state index >= 15 is 0 Å². The molecule has 2 aromatic rings. The van der Waals surface area contributed by atoms with E-state index in [-0.39, 0.29) is 39.4 Å². The molecule has 1 heterocycles. The third-order valence-electron chi connectivity index (χ3n) is 14.9. The topological polar surface area (TPSA) is 108 Å². The van der Waals surface area contributed by atoms with E-state index in [0.717, 1.165) is 44.2 Å². The molecule has 3 N–H and O–H groups in total. The molecule has 7 rings (SSSR count). The first-order chi connectivity index (χ1) is 21.4. The maximum absolute atomic E-state index is 14.2. The molecule has 0 spiro atoms. The Bertz CT molecular complexity index is 1500. The van der Waals surface area contributed by atoms with Crippen LogP contribution in [-0.4, -0.2) is 32.2 Å². The van der Waals surface area contributed by atoms with Crippen LogP contribution in [0.1, 0.15) is 106 Å². The number of aromatic nitrogens is 4. The van der Waals surface area contributed by atoms with Gasteiger partial charge in [-0.3, -0.25) is 15.5 Å². The zero-order chi connectivity index (χ0) is 31.8. The molecule has 8 heteroatoms. The summed E-state index contributed by atoms with van der Waals surface area (Å²) >= 11 is 0. The van der Waals surface area contributed by atoms with E-state index in [1.807, 2.05) is 6.07 Å². The summed E-state index contributed by atoms with van der Waals surface area (Å²) in [5, 5.41) is 22.4. The van der Waals surface area contributed by atoms with Crippen molar-refractivity contribution in [1.29, 1.82) is 0 Å². The number of hydrazone groups is 1. The molecule has 1 aromatic heterocycles. The average molecular weight is 612 g/mol. The quantitative estimate of drug-likeness (QED) is 0.238. The molecule has 0 saturated heterocycles. The molecule has 9 atom stereocenters. The number of allylic oxidation sites excluding steroid dienone is 2. The number of fused-ring (bicyclic) bond motifs is 7. The minimum absolute atomic E-state index is 0.0310. The SMILES string of the molecule is C[C@H]1[C@H](C)CC[C@]2(C(=O)Nc3nn[nH]n3)CC[C@]3(C)C(=CC[C@@H]4[C@@]5(C)CC/C(=N\Nc6ccccc6)C(C)(C)[C@@H]5CC[C@]43C)[C@H]12. The van der Waals surface area contributed by atoms with E-state index < -0.39 is 5.41 Å². The summed E-state index contributed by atoms with van der Waals surface area (Å²) in [5.41, 5.74) is 7.43. The Kier molecular flexibility index (Phi) is 7.14. The van der Waals surface area contributed by atoms with Crippen LogP contribution in [0, 0.1) is 56.7 Å². The van der Waals surface area contributed by atoms with E-state index in [2.05, 4.69) is 110 Å². The number of aromatic amines is 1. The molecule has 0 radical (unpaired) electrons. The highest BCUT2D eigenvalue weighted by Crippen LogP contribution is 2.75. The normalized spacial score (nSPS) is 42.8. The summed E-state index contributed by atoms with van der Waals surface area (Å²) < 4.78 is 0. The zero-order valence-electron chi connectivity index (χ0n) is 28.4. The number of nitrogens with one attached hydrogen (secondary N) is 3. The highest BCUT2D eigenvalue weighted by molar-refractivity contribution is 5.95. The monoisotopic (exact) mass is 611 g/mol. The van der Waals surface area contributed by atoms with Gasteiger partial charge in [0.25, 0.3) is 5.95 Å². The van der Waals surface area contributed by atoms with Crippen molar-refractivity contribution < 1.29 is 4.79 Å². The van der Waals surface area contributed by atoms with Crippen LogP contribution in [0.2, 0.25) is 0 Å². The van der Waals surface area contributed by atoms with Gasteiger partial charge in [-0.05, 0) is 121 Å². The molecule has 5 aliphatic carbocycles. The van der Waals surface area contributed by atoms with Crippen molar-refractivity contribution in [3.8, 4) is 0 Å². The number of nitrogens with zero attached hydrogens (tertiary/aromatic N) is 4. The highest BCUT2D eigenvalue weighted by atomic mass is 16.2. The Labute approximate surface area is 269 Å². The second-order valence-corrected chi connectivity index (χ2v) is 16.8. The Balaban J connectivity index is 1.22. The summed E-state index contributed by atoms with van der Waals surface area (Å²) in [6, 6.07) is 10.3. The fourth-order valence-corrected chi connectivity index (χ4v) is 12.0. The standard InChI is InChI=1S/C37H53N7O/c1-23-15-20-37(31(45)38-32-41-43-44-42-32)22-21-35(6)26(30(37)24(23)2)13-14-28-34(5)18-17-29(40-39-25-11-9-8-10-12-25)33(3,4)27(34)16-19-36(28,35)7/h8-13,23-24,27-28,30,39H,14-22H2,1-7H3,(H2,38,41,42,43,44,45)/b40-29+/t23-,24+,27+,28-,30+,34+,35-,36-,37+/m1/s1. The molecule has 4 fully saturated rings. The maximum Gasteiger partial charge on any atom is 0.269 e. The summed E-state index contributed by atoms with van der Waals surface area (Å²) in [4.78, 5) is 14.2. The molecular formula is C37H53N7O. The number of anilines is 2. The van der Waals surface area contributed by atoms with Gasteiger partial charge in [0.05, 0.1) is 11.1 Å². The first-order valence-electron chi connectivity index (χ1n) is 17.5. The third kappa shape index (κ3) is 4.32. The number of benzene rings is 1. The summed E-state index contributed by atoms with van der Waals surface area (Å²) in [5.74, 6) is 2.83. The van der Waals surface area contributed by atoms with Gasteiger partial charge < -0.3 is 0 Å². The number of carbonyl (C=O) groups is 1. The van der Waals surface area contributed by atoms with Crippen molar-refractivity contribution in [2.24, 2.45) is 61.8 Å². The maximum atomic E-state index is 14.2. The molecule has 8 nitrogen and oxygen atoms in total. The molecule has 0 bridgehead atoms. The van der Waals surface area contributed by atoms with Crippen LogP contribution in [0.15, 0.2) is 47.1 Å². The number of hydrogen-bond donors (Lipinski definition) is 3. The Hall–Kier alpha value is -3.03. The number of H-pyrrole nitrogens is 1. The van der Waals surface area contributed by atoms with Crippen molar-refractivity contribution in [1.82, 2.24) is 20.6 Å². The lowest BCUT2D eigenvalue weighted by Crippen LogP contribution is -2.65. The predicted octanol–water partition coefficient (Wildman–Crippen LogP) is 8.26. The molecule has 1 amide bonds. The van der Waals surface area contributed by atoms with E-state index in [4.69, 9.17) is 5.10 Å². The lowest BCUT2D eigenvalue weighted by Gasteiger charge is -2.71. The number of rotatable bonds is 4. The molecule has 5 aliphatic rings. The second kappa shape index (κ2) is 10.5. The van der Waals surface area contributed by atoms with Gasteiger partial charge in [0.15, 0.2) is 0 Å². The van der Waals surface area contributed by atoms with E-state index in [0.29, 0.717) is 23.7 Å². The van der Waals surface area contributed by atoms with Gasteiger partial charge in [0.2, 0.25) is 5.91 Å². The van der Waals surface area contributed by atoms with E-state index in [9.17, 15) is 4.79 Å². The molecule has 242 valence electrons. The van der Waals surface area contributed by atoms with E-state index in [1.54, 1.807) is 5.57 Å². The van der Waals surface area contributed by atoms with Crippen LogP contribution in [0.3, 0.4) is 0 Å². The fourth-order valence-electron chi connectivity index (χ4n) is 12.0. The van der Waals surface area contributed by atoms with Gasteiger partial charge >= 0.3 is 0 Å².